The largest absolute Gasteiger partial charge is 0.469 e. The Morgan fingerprint density at radius 1 is 1.28 bits per heavy atom. The maximum Gasteiger partial charge on any atom is 0.306 e. The number of anilines is 1. The first-order valence-corrected chi connectivity index (χ1v) is 6.29. The number of ether oxygens (including phenoxy) is 1. The third kappa shape index (κ3) is 3.13. The fraction of sp³-hybridized carbons (Fsp3) is 0.400. The molecule has 2 unspecified atom stereocenters. The lowest BCUT2D eigenvalue weighted by Gasteiger charge is -2.22. The van der Waals surface area contributed by atoms with E-state index >= 15 is 0 Å². The van der Waals surface area contributed by atoms with Gasteiger partial charge < -0.3 is 10.5 Å². The average Bonchev–Trinajstić information content (AvgIpc) is 2.40. The number of esters is 1. The van der Waals surface area contributed by atoms with Crippen molar-refractivity contribution < 1.29 is 9.53 Å². The van der Waals surface area contributed by atoms with E-state index in [4.69, 9.17) is 10.5 Å². The number of nitrogens with two attached hydrogens (primary N) is 1. The van der Waals surface area contributed by atoms with Crippen molar-refractivity contribution in [1.29, 1.82) is 0 Å². The predicted molar refractivity (Wildman–Crippen MR) is 72.1 cm³/mol. The van der Waals surface area contributed by atoms with Gasteiger partial charge in [-0.05, 0) is 36.5 Å². The summed E-state index contributed by atoms with van der Waals surface area (Å²) in [4.78, 5) is 11.2. The zero-order valence-electron chi connectivity index (χ0n) is 10.6. The van der Waals surface area contributed by atoms with Crippen molar-refractivity contribution in [2.75, 3.05) is 12.8 Å². The van der Waals surface area contributed by atoms with Crippen LogP contribution in [0, 0.1) is 5.92 Å². The first-order chi connectivity index (χ1) is 8.69. The third-order valence-electron chi connectivity index (χ3n) is 3.49. The highest BCUT2D eigenvalue weighted by Gasteiger charge is 2.19. The highest BCUT2D eigenvalue weighted by molar-refractivity contribution is 5.69. The minimum absolute atomic E-state index is 0.129. The SMILES string of the molecule is COC(=O)CC1C=CC(c2ccc(N)cc2)CC1. The molecule has 0 fully saturated rings. The molecule has 0 heterocycles. The molecular formula is C15H19NO2. The van der Waals surface area contributed by atoms with Crippen molar-refractivity contribution in [3.05, 3.63) is 42.0 Å². The van der Waals surface area contributed by atoms with E-state index in [1.165, 1.54) is 12.7 Å². The van der Waals surface area contributed by atoms with E-state index in [9.17, 15) is 4.79 Å². The van der Waals surface area contributed by atoms with Gasteiger partial charge in [0.1, 0.15) is 0 Å². The van der Waals surface area contributed by atoms with Crippen LogP contribution in [0.2, 0.25) is 0 Å². The van der Waals surface area contributed by atoms with Gasteiger partial charge in [-0.3, -0.25) is 4.79 Å². The molecule has 18 heavy (non-hydrogen) atoms. The van der Waals surface area contributed by atoms with Crippen LogP contribution in [-0.4, -0.2) is 13.1 Å². The molecular weight excluding hydrogens is 226 g/mol. The molecule has 0 bridgehead atoms. The van der Waals surface area contributed by atoms with Crippen LogP contribution in [0.4, 0.5) is 5.69 Å². The minimum atomic E-state index is -0.129. The molecule has 3 heteroatoms. The zero-order valence-corrected chi connectivity index (χ0v) is 10.6. The molecule has 3 nitrogen and oxygen atoms in total. The molecule has 0 saturated carbocycles. The summed E-state index contributed by atoms with van der Waals surface area (Å²) >= 11 is 0. The summed E-state index contributed by atoms with van der Waals surface area (Å²) in [5.74, 6) is 0.637. The Kier molecular flexibility index (Phi) is 4.03. The number of hydrogen-bond acceptors (Lipinski definition) is 3. The molecule has 96 valence electrons. The van der Waals surface area contributed by atoms with E-state index in [0.717, 1.165) is 18.5 Å². The van der Waals surface area contributed by atoms with Crippen molar-refractivity contribution >= 4 is 11.7 Å². The first kappa shape index (κ1) is 12.7. The number of methoxy groups -OCH3 is 1. The second-order valence-corrected chi connectivity index (χ2v) is 4.78. The van der Waals surface area contributed by atoms with Crippen molar-refractivity contribution in [1.82, 2.24) is 0 Å². The summed E-state index contributed by atoms with van der Waals surface area (Å²) in [6.45, 7) is 0. The molecule has 0 saturated heterocycles. The molecule has 0 amide bonds. The van der Waals surface area contributed by atoms with E-state index in [-0.39, 0.29) is 5.97 Å². The summed E-state index contributed by atoms with van der Waals surface area (Å²) in [6, 6.07) is 8.02. The van der Waals surface area contributed by atoms with Crippen LogP contribution in [0.15, 0.2) is 36.4 Å². The maximum absolute atomic E-state index is 11.2. The van der Waals surface area contributed by atoms with Gasteiger partial charge in [0.2, 0.25) is 0 Å². The summed E-state index contributed by atoms with van der Waals surface area (Å²) in [5, 5.41) is 0. The number of carbonyl (C=O) groups excluding carboxylic acids is 1. The lowest BCUT2D eigenvalue weighted by Crippen LogP contribution is -2.13. The number of carbonyl (C=O) groups is 1. The van der Waals surface area contributed by atoms with Crippen LogP contribution >= 0.6 is 0 Å². The van der Waals surface area contributed by atoms with Gasteiger partial charge in [0, 0.05) is 11.6 Å². The Bertz CT molecular complexity index is 436. The Morgan fingerprint density at radius 2 is 2.00 bits per heavy atom. The summed E-state index contributed by atoms with van der Waals surface area (Å²) in [7, 11) is 1.44. The molecule has 2 atom stereocenters. The van der Waals surface area contributed by atoms with Crippen LogP contribution in [0.1, 0.15) is 30.7 Å². The molecule has 2 rings (SSSR count). The van der Waals surface area contributed by atoms with E-state index < -0.39 is 0 Å². The number of rotatable bonds is 3. The molecule has 0 spiro atoms. The molecule has 0 aromatic heterocycles. The Hall–Kier alpha value is -1.77. The third-order valence-corrected chi connectivity index (χ3v) is 3.49. The summed E-state index contributed by atoms with van der Waals surface area (Å²) < 4.78 is 4.69. The van der Waals surface area contributed by atoms with Crippen LogP contribution in [0.25, 0.3) is 0 Å². The van der Waals surface area contributed by atoms with Gasteiger partial charge in [-0.2, -0.15) is 0 Å². The maximum atomic E-state index is 11.2. The molecule has 1 aromatic rings. The molecule has 2 N–H and O–H groups in total. The highest BCUT2D eigenvalue weighted by atomic mass is 16.5. The molecule has 0 aliphatic heterocycles. The first-order valence-electron chi connectivity index (χ1n) is 6.29. The minimum Gasteiger partial charge on any atom is -0.469 e. The van der Waals surface area contributed by atoms with Crippen LogP contribution in [0.3, 0.4) is 0 Å². The second-order valence-electron chi connectivity index (χ2n) is 4.78. The zero-order chi connectivity index (χ0) is 13.0. The van der Waals surface area contributed by atoms with Crippen LogP contribution in [-0.2, 0) is 9.53 Å². The molecule has 1 aliphatic rings. The van der Waals surface area contributed by atoms with Gasteiger partial charge >= 0.3 is 5.97 Å². The lowest BCUT2D eigenvalue weighted by molar-refractivity contribution is -0.141. The molecule has 0 radical (unpaired) electrons. The number of hydrogen-bond donors (Lipinski definition) is 1. The number of nitrogen functional groups attached to an aromatic ring is 1. The highest BCUT2D eigenvalue weighted by Crippen LogP contribution is 2.32. The predicted octanol–water partition coefficient (Wildman–Crippen LogP) is 2.88. The fourth-order valence-electron chi connectivity index (χ4n) is 2.37. The summed E-state index contributed by atoms with van der Waals surface area (Å²) in [6.07, 6.45) is 6.92. The monoisotopic (exact) mass is 245 g/mol. The Balaban J connectivity index is 1.97. The van der Waals surface area contributed by atoms with Gasteiger partial charge in [0.25, 0.3) is 0 Å². The Labute approximate surface area is 108 Å². The molecule has 1 aromatic carbocycles. The van der Waals surface area contributed by atoms with Crippen molar-refractivity contribution in [3.63, 3.8) is 0 Å². The van der Waals surface area contributed by atoms with E-state index in [1.54, 1.807) is 0 Å². The topological polar surface area (TPSA) is 52.3 Å². The number of allylic oxidation sites excluding steroid dienone is 2. The lowest BCUT2D eigenvalue weighted by atomic mass is 9.83. The van der Waals surface area contributed by atoms with Gasteiger partial charge in [-0.15, -0.1) is 0 Å². The van der Waals surface area contributed by atoms with Crippen molar-refractivity contribution in [3.8, 4) is 0 Å². The standard InChI is InChI=1S/C15H19NO2/c1-18-15(17)10-11-2-4-12(5-3-11)13-6-8-14(16)9-7-13/h2,4,6-9,11-12H,3,5,10,16H2,1H3. The Morgan fingerprint density at radius 3 is 2.56 bits per heavy atom. The van der Waals surface area contributed by atoms with E-state index in [1.807, 2.05) is 12.1 Å². The second kappa shape index (κ2) is 5.71. The van der Waals surface area contributed by atoms with Gasteiger partial charge in [0.05, 0.1) is 13.5 Å². The van der Waals surface area contributed by atoms with Gasteiger partial charge in [0.15, 0.2) is 0 Å². The van der Waals surface area contributed by atoms with Gasteiger partial charge in [-0.1, -0.05) is 24.3 Å². The van der Waals surface area contributed by atoms with E-state index in [0.29, 0.717) is 18.3 Å². The number of benzene rings is 1. The fourth-order valence-corrected chi connectivity index (χ4v) is 2.37. The molecule has 1 aliphatic carbocycles. The summed E-state index contributed by atoms with van der Waals surface area (Å²) in [5.41, 5.74) is 7.76. The van der Waals surface area contributed by atoms with Crippen molar-refractivity contribution in [2.24, 2.45) is 5.92 Å². The normalized spacial score (nSPS) is 22.7. The van der Waals surface area contributed by atoms with Crippen molar-refractivity contribution in [2.45, 2.75) is 25.2 Å². The van der Waals surface area contributed by atoms with E-state index in [2.05, 4.69) is 24.3 Å². The smallest absolute Gasteiger partial charge is 0.306 e. The van der Waals surface area contributed by atoms with Crippen LogP contribution in [0.5, 0.6) is 0 Å². The van der Waals surface area contributed by atoms with Gasteiger partial charge in [-0.25, -0.2) is 0 Å². The quantitative estimate of drug-likeness (QED) is 0.506. The average molecular weight is 245 g/mol. The van der Waals surface area contributed by atoms with Crippen LogP contribution < -0.4 is 5.73 Å².